The molecule has 0 bridgehead atoms. The van der Waals surface area contributed by atoms with Crippen molar-refractivity contribution in [3.63, 3.8) is 0 Å². The fourth-order valence-corrected chi connectivity index (χ4v) is 3.02. The van der Waals surface area contributed by atoms with Crippen molar-refractivity contribution in [3.05, 3.63) is 52.4 Å². The normalized spacial score (nSPS) is 10.6. The molecule has 2 heterocycles. The average Bonchev–Trinajstić information content (AvgIpc) is 2.90. The molecule has 8 heteroatoms. The summed E-state index contributed by atoms with van der Waals surface area (Å²) in [6.45, 7) is 1.44. The van der Waals surface area contributed by atoms with Crippen molar-refractivity contribution >= 4 is 44.2 Å². The number of benzene rings is 1. The molecule has 24 heavy (non-hydrogen) atoms. The molecule has 0 spiro atoms. The zero-order chi connectivity index (χ0) is 17.3. The van der Waals surface area contributed by atoms with E-state index in [1.807, 2.05) is 0 Å². The second kappa shape index (κ2) is 6.25. The summed E-state index contributed by atoms with van der Waals surface area (Å²) in [5, 5.41) is 5.81. The molecule has 0 unspecified atom stereocenters. The summed E-state index contributed by atoms with van der Waals surface area (Å²) in [7, 11) is 1.62. The van der Waals surface area contributed by atoms with Crippen LogP contribution in [0, 0.1) is 0 Å². The van der Waals surface area contributed by atoms with E-state index in [1.165, 1.54) is 35.1 Å². The highest BCUT2D eigenvalue weighted by Crippen LogP contribution is 2.28. The Bertz CT molecular complexity index is 1010. The molecule has 0 saturated carbocycles. The third kappa shape index (κ3) is 3.33. The minimum atomic E-state index is -0.395. The van der Waals surface area contributed by atoms with Crippen molar-refractivity contribution in [2.24, 2.45) is 7.05 Å². The third-order valence-electron chi connectivity index (χ3n) is 3.30. The van der Waals surface area contributed by atoms with Gasteiger partial charge in [-0.25, -0.2) is 4.98 Å². The number of carbonyl (C=O) groups is 2. The molecule has 2 N–H and O–H groups in total. The second-order valence-corrected chi connectivity index (χ2v) is 6.23. The van der Waals surface area contributed by atoms with Gasteiger partial charge in [-0.15, -0.1) is 0 Å². The van der Waals surface area contributed by atoms with Crippen molar-refractivity contribution < 1.29 is 9.59 Å². The van der Waals surface area contributed by atoms with Gasteiger partial charge in [0, 0.05) is 37.5 Å². The van der Waals surface area contributed by atoms with Crippen LogP contribution in [0.3, 0.4) is 0 Å². The summed E-state index contributed by atoms with van der Waals surface area (Å²) in [6, 6.07) is 8.15. The molecule has 122 valence electrons. The number of rotatable bonds is 3. The van der Waals surface area contributed by atoms with Crippen molar-refractivity contribution in [1.29, 1.82) is 0 Å². The lowest BCUT2D eigenvalue weighted by Gasteiger charge is -2.02. The predicted octanol–water partition coefficient (Wildman–Crippen LogP) is 2.21. The van der Waals surface area contributed by atoms with E-state index in [1.54, 1.807) is 31.3 Å². The molecule has 2 aromatic heterocycles. The minimum Gasteiger partial charge on any atom is -0.326 e. The van der Waals surface area contributed by atoms with Crippen LogP contribution in [-0.2, 0) is 11.8 Å². The van der Waals surface area contributed by atoms with Gasteiger partial charge in [-0.3, -0.25) is 19.7 Å². The van der Waals surface area contributed by atoms with Crippen molar-refractivity contribution in [1.82, 2.24) is 9.55 Å². The number of hydrogen-bond donors (Lipinski definition) is 2. The summed E-state index contributed by atoms with van der Waals surface area (Å²) < 4.78 is 2.22. The number of nitrogens with one attached hydrogen (secondary N) is 2. The smallest absolute Gasteiger partial charge is 0.257 e. The molecule has 0 atom stereocenters. The lowest BCUT2D eigenvalue weighted by molar-refractivity contribution is -0.114. The molecular formula is C16H14N4O3S. The largest absolute Gasteiger partial charge is 0.326 e. The van der Waals surface area contributed by atoms with E-state index in [4.69, 9.17) is 0 Å². The fourth-order valence-electron chi connectivity index (χ4n) is 2.12. The number of pyridine rings is 1. The highest BCUT2D eigenvalue weighted by molar-refractivity contribution is 7.22. The van der Waals surface area contributed by atoms with Crippen LogP contribution in [0.25, 0.3) is 10.2 Å². The van der Waals surface area contributed by atoms with Gasteiger partial charge in [-0.05, 0) is 24.3 Å². The number of anilines is 2. The molecule has 3 aromatic rings. The van der Waals surface area contributed by atoms with Crippen LogP contribution >= 0.6 is 11.3 Å². The Balaban J connectivity index is 1.84. The highest BCUT2D eigenvalue weighted by Gasteiger charge is 2.11. The van der Waals surface area contributed by atoms with Crippen LogP contribution in [0.1, 0.15) is 17.3 Å². The first-order chi connectivity index (χ1) is 11.4. The zero-order valence-corrected chi connectivity index (χ0v) is 13.8. The number of aryl methyl sites for hydroxylation is 1. The van der Waals surface area contributed by atoms with Crippen LogP contribution < -0.4 is 16.2 Å². The quantitative estimate of drug-likeness (QED) is 0.763. The molecule has 0 fully saturated rings. The summed E-state index contributed by atoms with van der Waals surface area (Å²) in [5.74, 6) is -0.549. The van der Waals surface area contributed by atoms with E-state index in [9.17, 15) is 14.4 Å². The number of fused-ring (bicyclic) bond motifs is 1. The van der Waals surface area contributed by atoms with Gasteiger partial charge in [-0.2, -0.15) is 0 Å². The number of nitrogens with zero attached hydrogens (tertiary/aromatic N) is 2. The molecule has 3 rings (SSSR count). The summed E-state index contributed by atoms with van der Waals surface area (Å²) >= 11 is 1.29. The fraction of sp³-hybridized carbons (Fsp3) is 0.125. The van der Waals surface area contributed by atoms with E-state index in [0.29, 0.717) is 16.3 Å². The number of aromatic nitrogens is 2. The topological polar surface area (TPSA) is 93.1 Å². The SMILES string of the molecule is CC(=O)Nc1ccc2nc(NC(=O)c3ccn(C)c(=O)c3)sc2c1. The van der Waals surface area contributed by atoms with Gasteiger partial charge in [0.15, 0.2) is 5.13 Å². The van der Waals surface area contributed by atoms with Gasteiger partial charge in [0.25, 0.3) is 11.5 Å². The molecule has 0 saturated heterocycles. The molecule has 0 aliphatic heterocycles. The van der Waals surface area contributed by atoms with Gasteiger partial charge in [0.2, 0.25) is 5.91 Å². The molecule has 0 aliphatic carbocycles. The number of amides is 2. The lowest BCUT2D eigenvalue weighted by Crippen LogP contribution is -2.19. The maximum atomic E-state index is 12.2. The van der Waals surface area contributed by atoms with Crippen molar-refractivity contribution in [3.8, 4) is 0 Å². The van der Waals surface area contributed by atoms with Gasteiger partial charge in [0.1, 0.15) is 0 Å². The first-order valence-corrected chi connectivity index (χ1v) is 7.90. The predicted molar refractivity (Wildman–Crippen MR) is 93.6 cm³/mol. The van der Waals surface area contributed by atoms with E-state index in [0.717, 1.165) is 4.70 Å². The van der Waals surface area contributed by atoms with Gasteiger partial charge in [0.05, 0.1) is 10.2 Å². The molecule has 2 amide bonds. The Morgan fingerprint density at radius 2 is 1.96 bits per heavy atom. The number of carbonyl (C=O) groups excluding carboxylic acids is 2. The van der Waals surface area contributed by atoms with Crippen LogP contribution in [-0.4, -0.2) is 21.4 Å². The first-order valence-electron chi connectivity index (χ1n) is 7.08. The van der Waals surface area contributed by atoms with Crippen LogP contribution in [0.15, 0.2) is 41.3 Å². The monoisotopic (exact) mass is 342 g/mol. The second-order valence-electron chi connectivity index (χ2n) is 5.20. The average molecular weight is 342 g/mol. The van der Waals surface area contributed by atoms with Crippen molar-refractivity contribution in [2.75, 3.05) is 10.6 Å². The molecule has 7 nitrogen and oxygen atoms in total. The van der Waals surface area contributed by atoms with Gasteiger partial charge < -0.3 is 9.88 Å². The third-order valence-corrected chi connectivity index (χ3v) is 4.23. The molecule has 0 radical (unpaired) electrons. The highest BCUT2D eigenvalue weighted by atomic mass is 32.1. The minimum absolute atomic E-state index is 0.155. The Labute approximate surface area is 141 Å². The van der Waals surface area contributed by atoms with Gasteiger partial charge >= 0.3 is 0 Å². The van der Waals surface area contributed by atoms with E-state index >= 15 is 0 Å². The molecule has 0 aliphatic rings. The number of hydrogen-bond acceptors (Lipinski definition) is 5. The van der Waals surface area contributed by atoms with E-state index < -0.39 is 5.91 Å². The number of thiazole rings is 1. The maximum Gasteiger partial charge on any atom is 0.257 e. The molecule has 1 aromatic carbocycles. The molecular weight excluding hydrogens is 328 g/mol. The first kappa shape index (κ1) is 15.9. The Morgan fingerprint density at radius 3 is 2.67 bits per heavy atom. The summed E-state index contributed by atoms with van der Waals surface area (Å²) in [6.07, 6.45) is 1.54. The van der Waals surface area contributed by atoms with Crippen LogP contribution in [0.4, 0.5) is 10.8 Å². The Morgan fingerprint density at radius 1 is 1.17 bits per heavy atom. The lowest BCUT2D eigenvalue weighted by atomic mass is 10.2. The Kier molecular flexibility index (Phi) is 4.13. The Hall–Kier alpha value is -3.00. The maximum absolute atomic E-state index is 12.2. The summed E-state index contributed by atoms with van der Waals surface area (Å²) in [4.78, 5) is 39.2. The zero-order valence-electron chi connectivity index (χ0n) is 13.0. The standard InChI is InChI=1S/C16H14N4O3S/c1-9(21)17-11-3-4-12-13(8-11)24-16(18-12)19-15(23)10-5-6-20(2)14(22)7-10/h3-8H,1-2H3,(H,17,21)(H,18,19,23). The van der Waals surface area contributed by atoms with Crippen LogP contribution in [0.2, 0.25) is 0 Å². The van der Waals surface area contributed by atoms with E-state index in [2.05, 4.69) is 15.6 Å². The van der Waals surface area contributed by atoms with Crippen molar-refractivity contribution in [2.45, 2.75) is 6.92 Å². The van der Waals surface area contributed by atoms with Gasteiger partial charge in [-0.1, -0.05) is 11.3 Å². The van der Waals surface area contributed by atoms with Crippen LogP contribution in [0.5, 0.6) is 0 Å². The summed E-state index contributed by atoms with van der Waals surface area (Å²) in [5.41, 5.74) is 1.40. The van der Waals surface area contributed by atoms with E-state index in [-0.39, 0.29) is 17.0 Å².